The van der Waals surface area contributed by atoms with Gasteiger partial charge in [-0.2, -0.15) is 0 Å². The molecule has 0 aliphatic carbocycles. The molecule has 0 aromatic heterocycles. The van der Waals surface area contributed by atoms with Gasteiger partial charge in [0.2, 0.25) is 0 Å². The van der Waals surface area contributed by atoms with E-state index in [9.17, 15) is 18.0 Å². The lowest BCUT2D eigenvalue weighted by Crippen LogP contribution is -2.51. The van der Waals surface area contributed by atoms with Crippen LogP contribution in [0.2, 0.25) is 0 Å². The summed E-state index contributed by atoms with van der Waals surface area (Å²) in [5.41, 5.74) is 3.52. The normalized spacial score (nSPS) is 14.3. The maximum Gasteiger partial charge on any atom is 0.265 e. The number of carbonyl (C=O) groups excluding carboxylic acids is 2. The lowest BCUT2D eigenvalue weighted by molar-refractivity contribution is -0.128. The van der Waals surface area contributed by atoms with Gasteiger partial charge in [-0.15, -0.1) is 0 Å². The van der Waals surface area contributed by atoms with E-state index >= 15 is 0 Å². The van der Waals surface area contributed by atoms with Gasteiger partial charge >= 0.3 is 0 Å². The van der Waals surface area contributed by atoms with Crippen LogP contribution in [0.1, 0.15) is 16.7 Å². The maximum absolute atomic E-state index is 13.4. The van der Waals surface area contributed by atoms with Crippen LogP contribution in [-0.4, -0.2) is 39.5 Å². The number of sulfonamides is 1. The van der Waals surface area contributed by atoms with Crippen LogP contribution in [0.4, 0.5) is 11.4 Å². The summed E-state index contributed by atoms with van der Waals surface area (Å²) in [4.78, 5) is 27.9. The Bertz CT molecular complexity index is 1690. The highest BCUT2D eigenvalue weighted by atomic mass is 32.2. The van der Waals surface area contributed by atoms with E-state index in [-0.39, 0.29) is 29.9 Å². The summed E-state index contributed by atoms with van der Waals surface area (Å²) in [6, 6.07) is 28.0. The van der Waals surface area contributed by atoms with E-state index in [4.69, 9.17) is 9.47 Å². The number of carbonyl (C=O) groups is 2. The smallest absolute Gasteiger partial charge is 0.265 e. The number of ether oxygens (including phenoxy) is 2. The van der Waals surface area contributed by atoms with E-state index in [1.54, 1.807) is 43.3 Å². The third-order valence-electron chi connectivity index (χ3n) is 6.79. The van der Waals surface area contributed by atoms with Crippen LogP contribution in [0.5, 0.6) is 11.5 Å². The minimum absolute atomic E-state index is 0.0146. The Hall–Kier alpha value is -4.83. The predicted octanol–water partition coefficient (Wildman–Crippen LogP) is 4.59. The molecule has 4 aromatic carbocycles. The number of aryl methyl sites for hydroxylation is 2. The average molecular weight is 586 g/mol. The fourth-order valence-corrected chi connectivity index (χ4v) is 5.65. The number of benzene rings is 4. The van der Waals surface area contributed by atoms with E-state index in [1.807, 2.05) is 49.4 Å². The molecule has 2 N–H and O–H groups in total. The molecule has 10 heteroatoms. The molecule has 1 atom stereocenters. The van der Waals surface area contributed by atoms with Gasteiger partial charge in [-0.3, -0.25) is 14.3 Å². The van der Waals surface area contributed by atoms with E-state index in [0.717, 1.165) is 11.1 Å². The lowest BCUT2D eigenvalue weighted by Gasteiger charge is -2.34. The van der Waals surface area contributed by atoms with Gasteiger partial charge < -0.3 is 19.7 Å². The van der Waals surface area contributed by atoms with E-state index in [1.165, 1.54) is 23.1 Å². The molecule has 0 saturated heterocycles. The number of fused-ring (bicyclic) bond motifs is 1. The van der Waals surface area contributed by atoms with Gasteiger partial charge in [-0.25, -0.2) is 8.42 Å². The van der Waals surface area contributed by atoms with Crippen LogP contribution in [0.3, 0.4) is 0 Å². The molecule has 216 valence electrons. The molecule has 0 unspecified atom stereocenters. The molecule has 0 saturated carbocycles. The van der Waals surface area contributed by atoms with Gasteiger partial charge in [-0.05, 0) is 67.4 Å². The molecule has 5 rings (SSSR count). The van der Waals surface area contributed by atoms with Crippen molar-refractivity contribution >= 4 is 33.2 Å². The highest BCUT2D eigenvalue weighted by molar-refractivity contribution is 7.92. The molecule has 0 spiro atoms. The monoisotopic (exact) mass is 585 g/mol. The third-order valence-corrected chi connectivity index (χ3v) is 8.17. The molecule has 1 aliphatic heterocycles. The zero-order valence-electron chi connectivity index (χ0n) is 23.2. The molecule has 0 bridgehead atoms. The molecule has 1 aliphatic rings. The second-order valence-corrected chi connectivity index (χ2v) is 11.7. The van der Waals surface area contributed by atoms with Gasteiger partial charge in [0.05, 0.1) is 17.1 Å². The zero-order valence-corrected chi connectivity index (χ0v) is 24.1. The summed E-state index contributed by atoms with van der Waals surface area (Å²) in [7, 11) is -3.82. The van der Waals surface area contributed by atoms with Crippen molar-refractivity contribution in [1.29, 1.82) is 0 Å². The number of para-hydroxylation sites is 2. The maximum atomic E-state index is 13.4. The number of hydrogen-bond acceptors (Lipinski definition) is 6. The number of rotatable bonds is 9. The minimum Gasteiger partial charge on any atom is -0.483 e. The molecule has 0 radical (unpaired) electrons. The first-order chi connectivity index (χ1) is 20.2. The Morgan fingerprint density at radius 1 is 0.929 bits per heavy atom. The lowest BCUT2D eigenvalue weighted by atomic mass is 10.1. The summed E-state index contributed by atoms with van der Waals surface area (Å²) in [6.07, 6.45) is -0.903. The van der Waals surface area contributed by atoms with Crippen molar-refractivity contribution in [3.63, 3.8) is 0 Å². The molecule has 0 fully saturated rings. The van der Waals surface area contributed by atoms with Crippen molar-refractivity contribution in [3.8, 4) is 11.5 Å². The standard InChI is InChI=1S/C32H31N3O6S/c1-22-12-14-25(15-13-22)34-42(38,39)26-16-17-28(23(2)18-26)40-21-31(36)35-20-30(41-29-11-7-6-10-27(29)35)32(37)33-19-24-8-4-3-5-9-24/h3-18,30,34H,19-21H2,1-2H3,(H,33,37)/t30-/m0/s1. The Kier molecular flexibility index (Phi) is 8.44. The van der Waals surface area contributed by atoms with Gasteiger partial charge in [0.15, 0.2) is 12.7 Å². The van der Waals surface area contributed by atoms with Crippen molar-refractivity contribution in [2.45, 2.75) is 31.4 Å². The molecule has 9 nitrogen and oxygen atoms in total. The van der Waals surface area contributed by atoms with Gasteiger partial charge in [0, 0.05) is 12.2 Å². The van der Waals surface area contributed by atoms with Crippen LogP contribution in [0, 0.1) is 13.8 Å². The Balaban J connectivity index is 1.24. The first-order valence-electron chi connectivity index (χ1n) is 13.4. The molecule has 1 heterocycles. The number of nitrogens with zero attached hydrogens (tertiary/aromatic N) is 1. The highest BCUT2D eigenvalue weighted by Gasteiger charge is 2.34. The van der Waals surface area contributed by atoms with Gasteiger partial charge in [0.1, 0.15) is 11.5 Å². The Morgan fingerprint density at radius 3 is 2.38 bits per heavy atom. The van der Waals surface area contributed by atoms with Crippen molar-refractivity contribution in [1.82, 2.24) is 5.32 Å². The Labute approximate surface area is 245 Å². The van der Waals surface area contributed by atoms with E-state index in [0.29, 0.717) is 35.0 Å². The average Bonchev–Trinajstić information content (AvgIpc) is 3.00. The van der Waals surface area contributed by atoms with Crippen LogP contribution in [0.25, 0.3) is 0 Å². The van der Waals surface area contributed by atoms with Crippen LogP contribution >= 0.6 is 0 Å². The summed E-state index contributed by atoms with van der Waals surface area (Å²) < 4.78 is 40.1. The van der Waals surface area contributed by atoms with Crippen LogP contribution < -0.4 is 24.4 Å². The van der Waals surface area contributed by atoms with Gasteiger partial charge in [0.25, 0.3) is 21.8 Å². The molecule has 42 heavy (non-hydrogen) atoms. The van der Waals surface area contributed by atoms with Gasteiger partial charge in [-0.1, -0.05) is 60.2 Å². The molecule has 4 aromatic rings. The first-order valence-corrected chi connectivity index (χ1v) is 14.9. The van der Waals surface area contributed by atoms with Crippen LogP contribution in [-0.2, 0) is 26.2 Å². The molecular formula is C32H31N3O6S. The summed E-state index contributed by atoms with van der Waals surface area (Å²) in [6.45, 7) is 3.67. The number of amides is 2. The summed E-state index contributed by atoms with van der Waals surface area (Å²) in [5.74, 6) is 0.0859. The quantitative estimate of drug-likeness (QED) is 0.297. The van der Waals surface area contributed by atoms with E-state index < -0.39 is 16.1 Å². The van der Waals surface area contributed by atoms with E-state index in [2.05, 4.69) is 10.0 Å². The number of nitrogens with one attached hydrogen (secondary N) is 2. The number of anilines is 2. The SMILES string of the molecule is Cc1ccc(NS(=O)(=O)c2ccc(OCC(=O)N3C[C@@H](C(=O)NCc4ccccc4)Oc4ccccc43)c(C)c2)cc1. The number of hydrogen-bond donors (Lipinski definition) is 2. The predicted molar refractivity (Wildman–Crippen MR) is 160 cm³/mol. The first kappa shape index (κ1) is 28.7. The van der Waals surface area contributed by atoms with Crippen molar-refractivity contribution in [2.75, 3.05) is 22.8 Å². The minimum atomic E-state index is -3.82. The van der Waals surface area contributed by atoms with Crippen LogP contribution in [0.15, 0.2) is 102 Å². The molecule has 2 amide bonds. The van der Waals surface area contributed by atoms with Crippen molar-refractivity contribution in [2.24, 2.45) is 0 Å². The Morgan fingerprint density at radius 2 is 1.64 bits per heavy atom. The fraction of sp³-hybridized carbons (Fsp3) is 0.188. The zero-order chi connectivity index (χ0) is 29.7. The largest absolute Gasteiger partial charge is 0.483 e. The van der Waals surface area contributed by atoms with Crippen molar-refractivity contribution < 1.29 is 27.5 Å². The topological polar surface area (TPSA) is 114 Å². The third kappa shape index (κ3) is 6.72. The fourth-order valence-electron chi connectivity index (χ4n) is 4.51. The second kappa shape index (κ2) is 12.4. The second-order valence-electron chi connectivity index (χ2n) is 9.97. The highest BCUT2D eigenvalue weighted by Crippen LogP contribution is 2.33. The summed E-state index contributed by atoms with van der Waals surface area (Å²) in [5, 5.41) is 2.87. The van der Waals surface area contributed by atoms with Crippen molar-refractivity contribution in [3.05, 3.63) is 114 Å². The molecular weight excluding hydrogens is 554 g/mol. The summed E-state index contributed by atoms with van der Waals surface area (Å²) >= 11 is 0.